The van der Waals surface area contributed by atoms with Crippen molar-refractivity contribution >= 4 is 17.1 Å². The van der Waals surface area contributed by atoms with Gasteiger partial charge in [0.1, 0.15) is 11.6 Å². The number of hydrogen-bond acceptors (Lipinski definition) is 4. The van der Waals surface area contributed by atoms with E-state index in [0.29, 0.717) is 29.3 Å². The van der Waals surface area contributed by atoms with Crippen molar-refractivity contribution in [2.45, 2.75) is 20.8 Å². The third-order valence-corrected chi connectivity index (χ3v) is 3.70. The van der Waals surface area contributed by atoms with Gasteiger partial charge in [-0.3, -0.25) is 4.79 Å². The molecule has 2 aromatic carbocycles. The second-order valence-electron chi connectivity index (χ2n) is 6.31. The zero-order chi connectivity index (χ0) is 17.8. The van der Waals surface area contributed by atoms with E-state index in [4.69, 9.17) is 4.74 Å². The molecule has 0 saturated heterocycles. The molecule has 5 heteroatoms. The van der Waals surface area contributed by atoms with Gasteiger partial charge in [0.05, 0.1) is 23.7 Å². The van der Waals surface area contributed by atoms with Crippen LogP contribution in [0.3, 0.4) is 0 Å². The van der Waals surface area contributed by atoms with Crippen LogP contribution in [0.1, 0.15) is 25.2 Å². The molecule has 3 aromatic rings. The van der Waals surface area contributed by atoms with E-state index in [1.807, 2.05) is 42.5 Å². The Labute approximate surface area is 146 Å². The van der Waals surface area contributed by atoms with E-state index in [1.165, 1.54) is 4.68 Å². The first-order valence-electron chi connectivity index (χ1n) is 8.30. The summed E-state index contributed by atoms with van der Waals surface area (Å²) >= 11 is 0. The van der Waals surface area contributed by atoms with Crippen molar-refractivity contribution in [2.75, 3.05) is 6.61 Å². The number of para-hydroxylation sites is 1. The number of fused-ring (bicyclic) bond motifs is 1. The van der Waals surface area contributed by atoms with Gasteiger partial charge in [-0.15, -0.1) is 0 Å². The van der Waals surface area contributed by atoms with Crippen LogP contribution < -0.4 is 10.3 Å². The van der Waals surface area contributed by atoms with Gasteiger partial charge in [0, 0.05) is 0 Å². The molecular weight excluding hydrogens is 314 g/mol. The molecule has 0 aliphatic carbocycles. The summed E-state index contributed by atoms with van der Waals surface area (Å²) in [5, 5.41) is 4.86. The fraction of sp³-hybridized carbons (Fsp3) is 0.250. The first kappa shape index (κ1) is 16.9. The molecule has 0 aliphatic heterocycles. The molecule has 128 valence electrons. The second kappa shape index (κ2) is 7.30. The van der Waals surface area contributed by atoms with Gasteiger partial charge >= 0.3 is 0 Å². The molecule has 0 radical (unpaired) electrons. The zero-order valence-electron chi connectivity index (χ0n) is 14.6. The molecule has 0 unspecified atom stereocenters. The first-order chi connectivity index (χ1) is 12.0. The minimum absolute atomic E-state index is 0.170. The standard InChI is InChI=1S/C20H21N3O2/c1-14(2)13-25-17-10-8-16(9-11-17)12-21-23-15(3)22-19-7-5-4-6-18(19)20(23)24/h4-12,14H,13H2,1-3H3/b21-12+. The number of ether oxygens (including phenoxy) is 1. The normalized spacial score (nSPS) is 11.5. The number of benzene rings is 2. The summed E-state index contributed by atoms with van der Waals surface area (Å²) < 4.78 is 6.99. The van der Waals surface area contributed by atoms with Crippen molar-refractivity contribution in [2.24, 2.45) is 11.0 Å². The average molecular weight is 335 g/mol. The Morgan fingerprint density at radius 3 is 2.60 bits per heavy atom. The molecule has 3 rings (SSSR count). The molecule has 25 heavy (non-hydrogen) atoms. The minimum Gasteiger partial charge on any atom is -0.493 e. The Kier molecular flexibility index (Phi) is 4.93. The number of aromatic nitrogens is 2. The predicted molar refractivity (Wildman–Crippen MR) is 101 cm³/mol. The molecule has 0 atom stereocenters. The highest BCUT2D eigenvalue weighted by Gasteiger charge is 2.06. The summed E-state index contributed by atoms with van der Waals surface area (Å²) in [5.74, 6) is 1.86. The molecule has 0 amide bonds. The Hall–Kier alpha value is -2.95. The van der Waals surface area contributed by atoms with Crippen molar-refractivity contribution < 1.29 is 4.74 Å². The second-order valence-corrected chi connectivity index (χ2v) is 6.31. The smallest absolute Gasteiger partial charge is 0.282 e. The van der Waals surface area contributed by atoms with Crippen molar-refractivity contribution in [3.05, 3.63) is 70.3 Å². The molecule has 0 spiro atoms. The molecule has 5 nitrogen and oxygen atoms in total. The maximum absolute atomic E-state index is 12.6. The fourth-order valence-corrected chi connectivity index (χ4v) is 2.41. The molecule has 1 aromatic heterocycles. The molecule has 0 N–H and O–H groups in total. The van der Waals surface area contributed by atoms with E-state index in [0.717, 1.165) is 11.3 Å². The third kappa shape index (κ3) is 3.94. The fourth-order valence-electron chi connectivity index (χ4n) is 2.41. The number of hydrogen-bond donors (Lipinski definition) is 0. The van der Waals surface area contributed by atoms with Gasteiger partial charge in [0.25, 0.3) is 5.56 Å². The topological polar surface area (TPSA) is 56.5 Å². The molecule has 0 fully saturated rings. The van der Waals surface area contributed by atoms with Gasteiger partial charge in [-0.1, -0.05) is 26.0 Å². The lowest BCUT2D eigenvalue weighted by Gasteiger charge is -2.08. The SMILES string of the molecule is Cc1nc2ccccc2c(=O)n1/N=C/c1ccc(OCC(C)C)cc1. The zero-order valence-corrected chi connectivity index (χ0v) is 14.6. The van der Waals surface area contributed by atoms with Gasteiger partial charge in [-0.05, 0) is 54.8 Å². The van der Waals surface area contributed by atoms with E-state index in [-0.39, 0.29) is 5.56 Å². The van der Waals surface area contributed by atoms with Crippen LogP contribution in [-0.4, -0.2) is 22.5 Å². The van der Waals surface area contributed by atoms with Crippen molar-refractivity contribution in [3.8, 4) is 5.75 Å². The Balaban J connectivity index is 1.85. The van der Waals surface area contributed by atoms with Crippen LogP contribution in [0.25, 0.3) is 10.9 Å². The van der Waals surface area contributed by atoms with Gasteiger partial charge in [0.2, 0.25) is 0 Å². The summed E-state index contributed by atoms with van der Waals surface area (Å²) in [6, 6.07) is 14.9. The lowest BCUT2D eigenvalue weighted by atomic mass is 10.2. The highest BCUT2D eigenvalue weighted by Crippen LogP contribution is 2.12. The maximum Gasteiger partial charge on any atom is 0.282 e. The molecule has 0 bridgehead atoms. The van der Waals surface area contributed by atoms with Crippen LogP contribution in [0.2, 0.25) is 0 Å². The van der Waals surface area contributed by atoms with Gasteiger partial charge < -0.3 is 4.74 Å². The Morgan fingerprint density at radius 1 is 1.16 bits per heavy atom. The summed E-state index contributed by atoms with van der Waals surface area (Å²) in [6.45, 7) is 6.68. The van der Waals surface area contributed by atoms with Gasteiger partial charge in [-0.25, -0.2) is 4.98 Å². The quantitative estimate of drug-likeness (QED) is 0.669. The van der Waals surface area contributed by atoms with E-state index >= 15 is 0 Å². The lowest BCUT2D eigenvalue weighted by molar-refractivity contribution is 0.271. The summed E-state index contributed by atoms with van der Waals surface area (Å²) in [7, 11) is 0. The summed E-state index contributed by atoms with van der Waals surface area (Å²) in [4.78, 5) is 17.0. The lowest BCUT2D eigenvalue weighted by Crippen LogP contribution is -2.20. The van der Waals surface area contributed by atoms with Crippen LogP contribution in [0.4, 0.5) is 0 Å². The van der Waals surface area contributed by atoms with E-state index in [9.17, 15) is 4.79 Å². The van der Waals surface area contributed by atoms with Crippen molar-refractivity contribution in [3.63, 3.8) is 0 Å². The molecule has 0 saturated carbocycles. The average Bonchev–Trinajstić information content (AvgIpc) is 2.60. The minimum atomic E-state index is -0.170. The van der Waals surface area contributed by atoms with Crippen molar-refractivity contribution in [1.29, 1.82) is 0 Å². The largest absolute Gasteiger partial charge is 0.493 e. The molecular formula is C20H21N3O2. The number of aryl methyl sites for hydroxylation is 1. The van der Waals surface area contributed by atoms with E-state index in [2.05, 4.69) is 23.9 Å². The Morgan fingerprint density at radius 2 is 1.88 bits per heavy atom. The van der Waals surface area contributed by atoms with Crippen molar-refractivity contribution in [1.82, 2.24) is 9.66 Å². The molecule has 1 heterocycles. The monoisotopic (exact) mass is 335 g/mol. The van der Waals surface area contributed by atoms with Gasteiger partial charge in [-0.2, -0.15) is 9.78 Å². The van der Waals surface area contributed by atoms with Gasteiger partial charge in [0.15, 0.2) is 0 Å². The number of nitrogens with zero attached hydrogens (tertiary/aromatic N) is 3. The van der Waals surface area contributed by atoms with Crippen LogP contribution in [0.15, 0.2) is 58.4 Å². The first-order valence-corrected chi connectivity index (χ1v) is 8.30. The predicted octanol–water partition coefficient (Wildman–Crippen LogP) is 3.62. The summed E-state index contributed by atoms with van der Waals surface area (Å²) in [5.41, 5.74) is 1.40. The number of rotatable bonds is 5. The van der Waals surface area contributed by atoms with E-state index in [1.54, 1.807) is 19.2 Å². The van der Waals surface area contributed by atoms with Crippen LogP contribution in [0, 0.1) is 12.8 Å². The molecule has 0 aliphatic rings. The maximum atomic E-state index is 12.6. The van der Waals surface area contributed by atoms with E-state index < -0.39 is 0 Å². The summed E-state index contributed by atoms with van der Waals surface area (Å²) in [6.07, 6.45) is 1.65. The third-order valence-electron chi connectivity index (χ3n) is 3.70. The van der Waals surface area contributed by atoms with Crippen LogP contribution in [-0.2, 0) is 0 Å². The Bertz CT molecular complexity index is 957. The highest BCUT2D eigenvalue weighted by atomic mass is 16.5. The highest BCUT2D eigenvalue weighted by molar-refractivity contribution is 5.80. The van der Waals surface area contributed by atoms with Crippen LogP contribution in [0.5, 0.6) is 5.75 Å². The van der Waals surface area contributed by atoms with Crippen LogP contribution >= 0.6 is 0 Å².